The highest BCUT2D eigenvalue weighted by atomic mass is 79.9. The number of hydrogen-bond donors (Lipinski definition) is 2. The van der Waals surface area contributed by atoms with Crippen molar-refractivity contribution >= 4 is 44.6 Å². The van der Waals surface area contributed by atoms with E-state index in [1.165, 1.54) is 12.1 Å². The number of rotatable bonds is 2. The van der Waals surface area contributed by atoms with E-state index in [9.17, 15) is 4.39 Å². The average Bonchev–Trinajstić information content (AvgIpc) is 2.25. The molecule has 3 N–H and O–H groups in total. The average molecular weight is 316 g/mol. The van der Waals surface area contributed by atoms with Gasteiger partial charge in [-0.3, -0.25) is 0 Å². The Bertz CT molecular complexity index is 511. The zero-order chi connectivity index (χ0) is 12.4. The number of nitrogens with two attached hydrogens (primary N) is 1. The molecule has 17 heavy (non-hydrogen) atoms. The lowest BCUT2D eigenvalue weighted by Crippen LogP contribution is -1.94. The topological polar surface area (TPSA) is 38.0 Å². The smallest absolute Gasteiger partial charge is 0.124 e. The Balaban J connectivity index is 2.31. The Hall–Kier alpha value is -1.26. The van der Waals surface area contributed by atoms with E-state index in [-0.39, 0.29) is 5.82 Å². The van der Waals surface area contributed by atoms with Crippen LogP contribution in [0.2, 0.25) is 5.02 Å². The zero-order valence-electron chi connectivity index (χ0n) is 8.68. The Morgan fingerprint density at radius 1 is 1.12 bits per heavy atom. The van der Waals surface area contributed by atoms with Gasteiger partial charge in [0.2, 0.25) is 0 Å². The first kappa shape index (κ1) is 12.2. The lowest BCUT2D eigenvalue weighted by atomic mass is 10.2. The van der Waals surface area contributed by atoms with Crippen LogP contribution in [0.4, 0.5) is 21.5 Å². The molecule has 0 amide bonds. The van der Waals surface area contributed by atoms with E-state index >= 15 is 0 Å². The van der Waals surface area contributed by atoms with E-state index in [1.807, 2.05) is 6.07 Å². The monoisotopic (exact) mass is 314 g/mol. The summed E-state index contributed by atoms with van der Waals surface area (Å²) in [6, 6.07) is 9.55. The van der Waals surface area contributed by atoms with Crippen LogP contribution in [0, 0.1) is 5.82 Å². The van der Waals surface area contributed by atoms with Crippen LogP contribution in [0.25, 0.3) is 0 Å². The normalized spacial score (nSPS) is 10.3. The number of benzene rings is 2. The molecule has 0 fully saturated rings. The van der Waals surface area contributed by atoms with Gasteiger partial charge in [0.1, 0.15) is 5.82 Å². The number of halogens is 3. The van der Waals surface area contributed by atoms with Crippen molar-refractivity contribution in [3.05, 3.63) is 51.7 Å². The second-order valence-corrected chi connectivity index (χ2v) is 4.75. The Morgan fingerprint density at radius 2 is 1.82 bits per heavy atom. The molecular formula is C12H9BrClFN2. The summed E-state index contributed by atoms with van der Waals surface area (Å²) in [4.78, 5) is 0. The minimum absolute atomic E-state index is 0.328. The second-order valence-electron chi connectivity index (χ2n) is 3.49. The van der Waals surface area contributed by atoms with Crippen LogP contribution < -0.4 is 11.1 Å². The molecule has 0 radical (unpaired) electrons. The maximum Gasteiger partial charge on any atom is 0.124 e. The van der Waals surface area contributed by atoms with Crippen LogP contribution in [-0.4, -0.2) is 0 Å². The van der Waals surface area contributed by atoms with E-state index in [0.717, 1.165) is 10.2 Å². The summed E-state index contributed by atoms with van der Waals surface area (Å²) < 4.78 is 13.7. The zero-order valence-corrected chi connectivity index (χ0v) is 11.0. The molecule has 0 bridgehead atoms. The van der Waals surface area contributed by atoms with Gasteiger partial charge in [-0.05, 0) is 52.3 Å². The fourth-order valence-electron chi connectivity index (χ4n) is 1.37. The van der Waals surface area contributed by atoms with Crippen molar-refractivity contribution in [2.75, 3.05) is 11.1 Å². The summed E-state index contributed by atoms with van der Waals surface area (Å²) in [5.74, 6) is -0.364. The van der Waals surface area contributed by atoms with Crippen molar-refractivity contribution < 1.29 is 4.39 Å². The quantitative estimate of drug-likeness (QED) is 0.797. The van der Waals surface area contributed by atoms with Gasteiger partial charge in [0, 0.05) is 10.2 Å². The Labute approximate surface area is 112 Å². The molecule has 0 aliphatic carbocycles. The molecule has 0 atom stereocenters. The number of nitrogens with one attached hydrogen (secondary N) is 1. The highest BCUT2D eigenvalue weighted by Gasteiger charge is 2.05. The van der Waals surface area contributed by atoms with Gasteiger partial charge < -0.3 is 11.1 Å². The molecule has 2 aromatic carbocycles. The molecule has 5 heteroatoms. The van der Waals surface area contributed by atoms with Crippen molar-refractivity contribution in [1.29, 1.82) is 0 Å². The molecule has 2 rings (SSSR count). The molecule has 0 spiro atoms. The van der Waals surface area contributed by atoms with Gasteiger partial charge in [-0.1, -0.05) is 11.6 Å². The molecule has 2 aromatic rings. The van der Waals surface area contributed by atoms with E-state index < -0.39 is 0 Å². The fraction of sp³-hybridized carbons (Fsp3) is 0. The summed E-state index contributed by atoms with van der Waals surface area (Å²) in [5.41, 5.74) is 7.75. The van der Waals surface area contributed by atoms with E-state index in [0.29, 0.717) is 16.4 Å². The van der Waals surface area contributed by atoms with Crippen molar-refractivity contribution in [3.63, 3.8) is 0 Å². The van der Waals surface area contributed by atoms with Gasteiger partial charge in [-0.25, -0.2) is 4.39 Å². The van der Waals surface area contributed by atoms with Gasteiger partial charge >= 0.3 is 0 Å². The molecular weight excluding hydrogens is 307 g/mol. The summed E-state index contributed by atoms with van der Waals surface area (Å²) in [6.07, 6.45) is 0. The van der Waals surface area contributed by atoms with Crippen molar-refractivity contribution in [2.24, 2.45) is 0 Å². The molecule has 0 aliphatic rings. The van der Waals surface area contributed by atoms with Gasteiger partial charge in [-0.2, -0.15) is 0 Å². The van der Waals surface area contributed by atoms with Crippen LogP contribution >= 0.6 is 27.5 Å². The molecule has 88 valence electrons. The minimum atomic E-state index is -0.364. The number of anilines is 3. The van der Waals surface area contributed by atoms with Crippen molar-refractivity contribution in [2.45, 2.75) is 0 Å². The number of nitrogen functional groups attached to an aromatic ring is 1. The van der Waals surface area contributed by atoms with Crippen molar-refractivity contribution in [1.82, 2.24) is 0 Å². The molecule has 2 nitrogen and oxygen atoms in total. The predicted molar refractivity (Wildman–Crippen MR) is 73.2 cm³/mol. The summed E-state index contributed by atoms with van der Waals surface area (Å²) in [6.45, 7) is 0. The van der Waals surface area contributed by atoms with Gasteiger partial charge in [0.05, 0.1) is 16.4 Å². The largest absolute Gasteiger partial charge is 0.399 e. The van der Waals surface area contributed by atoms with Crippen LogP contribution in [0.15, 0.2) is 40.9 Å². The van der Waals surface area contributed by atoms with Crippen molar-refractivity contribution in [3.8, 4) is 0 Å². The first-order valence-corrected chi connectivity index (χ1v) is 6.00. The third-order valence-corrected chi connectivity index (χ3v) is 3.16. The number of hydrogen-bond acceptors (Lipinski definition) is 2. The lowest BCUT2D eigenvalue weighted by Gasteiger charge is -2.10. The molecule has 0 aliphatic heterocycles. The first-order chi connectivity index (χ1) is 8.06. The van der Waals surface area contributed by atoms with Gasteiger partial charge in [0.15, 0.2) is 0 Å². The van der Waals surface area contributed by atoms with E-state index in [4.69, 9.17) is 17.3 Å². The molecule has 0 unspecified atom stereocenters. The maximum absolute atomic E-state index is 12.9. The van der Waals surface area contributed by atoms with Crippen LogP contribution in [0.5, 0.6) is 0 Å². The third-order valence-electron chi connectivity index (χ3n) is 2.19. The SMILES string of the molecule is Nc1ccc(Nc2ccc(F)cc2Cl)c(Br)c1. The lowest BCUT2D eigenvalue weighted by molar-refractivity contribution is 0.628. The Morgan fingerprint density at radius 3 is 2.47 bits per heavy atom. The third kappa shape index (κ3) is 2.90. The second kappa shape index (κ2) is 4.94. The van der Waals surface area contributed by atoms with E-state index in [2.05, 4.69) is 21.2 Å². The first-order valence-electron chi connectivity index (χ1n) is 4.83. The summed E-state index contributed by atoms with van der Waals surface area (Å²) >= 11 is 9.30. The predicted octanol–water partition coefficient (Wildman–Crippen LogP) is 4.57. The highest BCUT2D eigenvalue weighted by molar-refractivity contribution is 9.10. The minimum Gasteiger partial charge on any atom is -0.399 e. The maximum atomic E-state index is 12.9. The van der Waals surface area contributed by atoms with Gasteiger partial charge in [-0.15, -0.1) is 0 Å². The summed E-state index contributed by atoms with van der Waals surface area (Å²) in [5, 5.41) is 3.42. The highest BCUT2D eigenvalue weighted by Crippen LogP contribution is 2.31. The van der Waals surface area contributed by atoms with Gasteiger partial charge in [0.25, 0.3) is 0 Å². The van der Waals surface area contributed by atoms with E-state index in [1.54, 1.807) is 18.2 Å². The fourth-order valence-corrected chi connectivity index (χ4v) is 2.08. The summed E-state index contributed by atoms with van der Waals surface area (Å²) in [7, 11) is 0. The molecule has 0 aromatic heterocycles. The Kier molecular flexibility index (Phi) is 3.54. The molecule has 0 saturated carbocycles. The molecule has 0 saturated heterocycles. The van der Waals surface area contributed by atoms with Crippen LogP contribution in [0.3, 0.4) is 0 Å². The van der Waals surface area contributed by atoms with Crippen LogP contribution in [0.1, 0.15) is 0 Å². The van der Waals surface area contributed by atoms with Crippen LogP contribution in [-0.2, 0) is 0 Å². The standard InChI is InChI=1S/C12H9BrClFN2/c13-9-6-8(16)2-4-11(9)17-12-3-1-7(15)5-10(12)14/h1-6,17H,16H2. The molecule has 0 heterocycles.